The zero-order valence-electron chi connectivity index (χ0n) is 19.6. The van der Waals surface area contributed by atoms with Gasteiger partial charge in [0.05, 0.1) is 34.9 Å². The molecule has 0 spiro atoms. The molecule has 0 bridgehead atoms. The Labute approximate surface area is 208 Å². The van der Waals surface area contributed by atoms with Gasteiger partial charge in [-0.15, -0.1) is 0 Å². The molecule has 0 saturated heterocycles. The van der Waals surface area contributed by atoms with Crippen LogP contribution in [-0.4, -0.2) is 25.7 Å². The monoisotopic (exact) mass is 470 g/mol. The minimum atomic E-state index is -0.256. The lowest BCUT2D eigenvalue weighted by atomic mass is 10.0. The van der Waals surface area contributed by atoms with Crippen molar-refractivity contribution < 1.29 is 4.79 Å². The molecular weight excluding hydrogens is 448 g/mol. The maximum Gasteiger partial charge on any atom is 0.246 e. The van der Waals surface area contributed by atoms with Gasteiger partial charge in [0.15, 0.2) is 0 Å². The van der Waals surface area contributed by atoms with Crippen LogP contribution in [0.3, 0.4) is 0 Å². The van der Waals surface area contributed by atoms with Gasteiger partial charge in [-0.3, -0.25) is 19.4 Å². The second-order valence-electron chi connectivity index (χ2n) is 8.27. The summed E-state index contributed by atoms with van der Waals surface area (Å²) in [5.74, 6) is -0.256. The summed E-state index contributed by atoms with van der Waals surface area (Å²) in [5, 5.41) is 16.5. The molecule has 7 heteroatoms. The fourth-order valence-electron chi connectivity index (χ4n) is 4.03. The van der Waals surface area contributed by atoms with E-state index in [1.54, 1.807) is 41.3 Å². The number of carbonyl (C=O) groups excluding carboxylic acids is 1. The van der Waals surface area contributed by atoms with Crippen LogP contribution in [0.25, 0.3) is 33.8 Å². The van der Waals surface area contributed by atoms with Crippen molar-refractivity contribution in [3.8, 4) is 39.8 Å². The first-order valence-electron chi connectivity index (χ1n) is 11.4. The van der Waals surface area contributed by atoms with Crippen molar-refractivity contribution in [1.29, 1.82) is 5.26 Å². The molecule has 5 rings (SSSR count). The van der Waals surface area contributed by atoms with E-state index in [0.29, 0.717) is 11.3 Å². The smallest absolute Gasteiger partial charge is 0.246 e. The molecule has 0 aliphatic rings. The van der Waals surface area contributed by atoms with Crippen molar-refractivity contribution in [2.75, 3.05) is 5.32 Å². The summed E-state index contributed by atoms with van der Waals surface area (Å²) in [4.78, 5) is 22.2. The molecule has 174 valence electrons. The standard InChI is InChI=1S/C29H22N6O/c1-20-7-5-12-26(33-20)29-25(23-13-14-31-27(16-23)22-9-3-2-4-10-22)18-32-35(29)19-28(36)34-24-11-6-8-21(15-24)17-30/h2-16,18H,19H2,1H3,(H,34,36). The Hall–Kier alpha value is -5.09. The van der Waals surface area contributed by atoms with E-state index in [1.807, 2.05) is 67.6 Å². The second kappa shape index (κ2) is 10.0. The van der Waals surface area contributed by atoms with Crippen LogP contribution in [0.1, 0.15) is 11.3 Å². The second-order valence-corrected chi connectivity index (χ2v) is 8.27. The summed E-state index contributed by atoms with van der Waals surface area (Å²) < 4.78 is 1.66. The van der Waals surface area contributed by atoms with Crippen molar-refractivity contribution >= 4 is 11.6 Å². The van der Waals surface area contributed by atoms with Gasteiger partial charge in [0, 0.05) is 28.7 Å². The number of carbonyl (C=O) groups is 1. The van der Waals surface area contributed by atoms with Crippen LogP contribution in [0.4, 0.5) is 5.69 Å². The number of hydrogen-bond donors (Lipinski definition) is 1. The molecule has 5 aromatic rings. The molecule has 0 saturated carbocycles. The zero-order valence-corrected chi connectivity index (χ0v) is 19.6. The highest BCUT2D eigenvalue weighted by atomic mass is 16.2. The molecule has 1 N–H and O–H groups in total. The Bertz CT molecular complexity index is 1580. The number of aromatic nitrogens is 4. The summed E-state index contributed by atoms with van der Waals surface area (Å²) in [6.45, 7) is 1.91. The normalized spacial score (nSPS) is 10.6. The number of benzene rings is 2. The fraction of sp³-hybridized carbons (Fsp3) is 0.0690. The first-order valence-corrected chi connectivity index (χ1v) is 11.4. The van der Waals surface area contributed by atoms with Crippen molar-refractivity contribution in [3.05, 3.63) is 109 Å². The first-order chi connectivity index (χ1) is 17.6. The fourth-order valence-corrected chi connectivity index (χ4v) is 4.03. The van der Waals surface area contributed by atoms with Gasteiger partial charge < -0.3 is 5.32 Å². The van der Waals surface area contributed by atoms with E-state index >= 15 is 0 Å². The van der Waals surface area contributed by atoms with Gasteiger partial charge >= 0.3 is 0 Å². The minimum Gasteiger partial charge on any atom is -0.324 e. The number of hydrogen-bond acceptors (Lipinski definition) is 5. The van der Waals surface area contributed by atoms with Crippen LogP contribution in [0.5, 0.6) is 0 Å². The molecule has 3 heterocycles. The summed E-state index contributed by atoms with van der Waals surface area (Å²) in [6, 6.07) is 28.6. The van der Waals surface area contributed by atoms with Crippen molar-refractivity contribution in [2.24, 2.45) is 0 Å². The van der Waals surface area contributed by atoms with E-state index in [2.05, 4.69) is 21.5 Å². The van der Waals surface area contributed by atoms with Crippen LogP contribution >= 0.6 is 0 Å². The SMILES string of the molecule is Cc1cccc(-c2c(-c3ccnc(-c4ccccc4)c3)cnn2CC(=O)Nc2cccc(C#N)c2)n1. The van der Waals surface area contributed by atoms with Gasteiger partial charge in [-0.05, 0) is 55.0 Å². The number of aryl methyl sites for hydroxylation is 1. The van der Waals surface area contributed by atoms with Crippen LogP contribution in [0.15, 0.2) is 97.3 Å². The Morgan fingerprint density at radius 1 is 0.944 bits per heavy atom. The molecular formula is C29H22N6O. The predicted octanol–water partition coefficient (Wildman–Crippen LogP) is 5.49. The molecule has 2 aromatic carbocycles. The first kappa shape index (κ1) is 22.7. The lowest BCUT2D eigenvalue weighted by molar-refractivity contribution is -0.116. The third-order valence-corrected chi connectivity index (χ3v) is 5.68. The molecule has 36 heavy (non-hydrogen) atoms. The number of rotatable bonds is 6. The highest BCUT2D eigenvalue weighted by Crippen LogP contribution is 2.33. The average molecular weight is 471 g/mol. The van der Waals surface area contributed by atoms with Gasteiger partial charge in [-0.2, -0.15) is 10.4 Å². The molecule has 0 atom stereocenters. The minimum absolute atomic E-state index is 0.0155. The number of amides is 1. The van der Waals surface area contributed by atoms with Gasteiger partial charge in [-0.25, -0.2) is 0 Å². The lowest BCUT2D eigenvalue weighted by Gasteiger charge is -2.11. The maximum absolute atomic E-state index is 12.9. The number of nitrogens with one attached hydrogen (secondary N) is 1. The van der Waals surface area contributed by atoms with Crippen molar-refractivity contribution in [1.82, 2.24) is 19.7 Å². The largest absolute Gasteiger partial charge is 0.324 e. The Morgan fingerprint density at radius 3 is 2.58 bits per heavy atom. The third kappa shape index (κ3) is 4.88. The Kier molecular flexibility index (Phi) is 6.33. The molecule has 0 unspecified atom stereocenters. The van der Waals surface area contributed by atoms with E-state index in [4.69, 9.17) is 10.2 Å². The van der Waals surface area contributed by atoms with Crippen LogP contribution in [0, 0.1) is 18.3 Å². The summed E-state index contributed by atoms with van der Waals surface area (Å²) in [7, 11) is 0. The Morgan fingerprint density at radius 2 is 1.78 bits per heavy atom. The van der Waals surface area contributed by atoms with E-state index in [1.165, 1.54) is 0 Å². The van der Waals surface area contributed by atoms with Crippen LogP contribution < -0.4 is 5.32 Å². The maximum atomic E-state index is 12.9. The topological polar surface area (TPSA) is 96.5 Å². The number of nitriles is 1. The summed E-state index contributed by atoms with van der Waals surface area (Å²) in [5.41, 5.74) is 7.00. The lowest BCUT2D eigenvalue weighted by Crippen LogP contribution is -2.20. The molecule has 1 amide bonds. The number of anilines is 1. The van der Waals surface area contributed by atoms with E-state index in [-0.39, 0.29) is 12.5 Å². The number of nitrogens with zero attached hydrogens (tertiary/aromatic N) is 5. The zero-order chi connectivity index (χ0) is 24.9. The molecule has 0 aliphatic carbocycles. The third-order valence-electron chi connectivity index (χ3n) is 5.68. The van der Waals surface area contributed by atoms with Gasteiger partial charge in [0.2, 0.25) is 5.91 Å². The van der Waals surface area contributed by atoms with E-state index < -0.39 is 0 Å². The Balaban J connectivity index is 1.53. The van der Waals surface area contributed by atoms with Crippen molar-refractivity contribution in [3.63, 3.8) is 0 Å². The highest BCUT2D eigenvalue weighted by Gasteiger charge is 2.19. The summed E-state index contributed by atoms with van der Waals surface area (Å²) >= 11 is 0. The molecule has 0 radical (unpaired) electrons. The van der Waals surface area contributed by atoms with E-state index in [9.17, 15) is 4.79 Å². The predicted molar refractivity (Wildman–Crippen MR) is 139 cm³/mol. The van der Waals surface area contributed by atoms with Gasteiger partial charge in [0.25, 0.3) is 0 Å². The van der Waals surface area contributed by atoms with Gasteiger partial charge in [0.1, 0.15) is 6.54 Å². The number of pyridine rings is 2. The van der Waals surface area contributed by atoms with Crippen LogP contribution in [-0.2, 0) is 11.3 Å². The molecule has 3 aromatic heterocycles. The average Bonchev–Trinajstić information content (AvgIpc) is 3.32. The molecule has 0 aliphatic heterocycles. The highest BCUT2D eigenvalue weighted by molar-refractivity contribution is 5.91. The summed E-state index contributed by atoms with van der Waals surface area (Å²) in [6.07, 6.45) is 3.53. The molecule has 0 fully saturated rings. The molecule has 7 nitrogen and oxygen atoms in total. The quantitative estimate of drug-likeness (QED) is 0.354. The van der Waals surface area contributed by atoms with E-state index in [0.717, 1.165) is 39.5 Å². The van der Waals surface area contributed by atoms with Gasteiger partial charge in [-0.1, -0.05) is 42.5 Å². The van der Waals surface area contributed by atoms with Crippen molar-refractivity contribution in [2.45, 2.75) is 13.5 Å². The van der Waals surface area contributed by atoms with Crippen LogP contribution in [0.2, 0.25) is 0 Å².